The third-order valence-electron chi connectivity index (χ3n) is 4.03. The number of amides is 1. The third-order valence-corrected chi connectivity index (χ3v) is 5.29. The standard InChI is InChI=1S/C22H20FNOS/c1-24(16-17-12-14-19(23)15-13-17)22(25)21(18-8-4-2-5-9-18)26-20-10-6-3-7-11-20/h2-15,21H,16H2,1H3. The van der Waals surface area contributed by atoms with E-state index in [1.807, 2.05) is 60.7 Å². The summed E-state index contributed by atoms with van der Waals surface area (Å²) in [6.07, 6.45) is 0. The van der Waals surface area contributed by atoms with E-state index < -0.39 is 0 Å². The van der Waals surface area contributed by atoms with E-state index in [-0.39, 0.29) is 17.0 Å². The zero-order chi connectivity index (χ0) is 18.4. The van der Waals surface area contributed by atoms with E-state index in [9.17, 15) is 9.18 Å². The van der Waals surface area contributed by atoms with Crippen LogP contribution in [-0.4, -0.2) is 17.9 Å². The molecule has 3 rings (SSSR count). The van der Waals surface area contributed by atoms with Crippen LogP contribution >= 0.6 is 11.8 Å². The highest BCUT2D eigenvalue weighted by Crippen LogP contribution is 2.36. The molecule has 0 aliphatic heterocycles. The van der Waals surface area contributed by atoms with Crippen molar-refractivity contribution in [3.8, 4) is 0 Å². The van der Waals surface area contributed by atoms with Gasteiger partial charge in [0.1, 0.15) is 11.1 Å². The van der Waals surface area contributed by atoms with Gasteiger partial charge in [-0.1, -0.05) is 60.7 Å². The molecule has 1 amide bonds. The van der Waals surface area contributed by atoms with E-state index >= 15 is 0 Å². The molecule has 0 bridgehead atoms. The van der Waals surface area contributed by atoms with Gasteiger partial charge in [0.15, 0.2) is 0 Å². The van der Waals surface area contributed by atoms with E-state index in [2.05, 4.69) is 0 Å². The number of thioether (sulfide) groups is 1. The Balaban J connectivity index is 1.80. The largest absolute Gasteiger partial charge is 0.340 e. The SMILES string of the molecule is CN(Cc1ccc(F)cc1)C(=O)C(Sc1ccccc1)c1ccccc1. The van der Waals surface area contributed by atoms with E-state index in [0.29, 0.717) is 6.54 Å². The summed E-state index contributed by atoms with van der Waals surface area (Å²) in [6.45, 7) is 0.442. The van der Waals surface area contributed by atoms with Gasteiger partial charge in [0.2, 0.25) is 5.91 Å². The fraction of sp³-hybridized carbons (Fsp3) is 0.136. The van der Waals surface area contributed by atoms with Crippen molar-refractivity contribution in [1.29, 1.82) is 0 Å². The van der Waals surface area contributed by atoms with Gasteiger partial charge >= 0.3 is 0 Å². The van der Waals surface area contributed by atoms with E-state index in [4.69, 9.17) is 0 Å². The lowest BCUT2D eigenvalue weighted by Crippen LogP contribution is -2.30. The summed E-state index contributed by atoms with van der Waals surface area (Å²) in [5.74, 6) is -0.251. The van der Waals surface area contributed by atoms with Crippen LogP contribution in [0.15, 0.2) is 89.8 Å². The number of carbonyl (C=O) groups is 1. The molecule has 1 atom stereocenters. The molecular weight excluding hydrogens is 345 g/mol. The summed E-state index contributed by atoms with van der Waals surface area (Å²) in [6, 6.07) is 26.0. The van der Waals surface area contributed by atoms with Crippen molar-refractivity contribution >= 4 is 17.7 Å². The Hall–Kier alpha value is -2.59. The first-order valence-corrected chi connectivity index (χ1v) is 9.27. The average molecular weight is 365 g/mol. The normalized spacial score (nSPS) is 11.8. The van der Waals surface area contributed by atoms with Crippen LogP contribution in [0.4, 0.5) is 4.39 Å². The van der Waals surface area contributed by atoms with Crippen LogP contribution in [0.2, 0.25) is 0 Å². The summed E-state index contributed by atoms with van der Waals surface area (Å²) in [4.78, 5) is 15.9. The summed E-state index contributed by atoms with van der Waals surface area (Å²) >= 11 is 1.54. The molecule has 4 heteroatoms. The molecule has 3 aromatic carbocycles. The van der Waals surface area contributed by atoms with E-state index in [0.717, 1.165) is 16.0 Å². The number of hydrogen-bond donors (Lipinski definition) is 0. The summed E-state index contributed by atoms with van der Waals surface area (Å²) in [7, 11) is 1.78. The van der Waals surface area contributed by atoms with Crippen LogP contribution < -0.4 is 0 Å². The number of hydrogen-bond acceptors (Lipinski definition) is 2. The van der Waals surface area contributed by atoms with Gasteiger partial charge in [-0.15, -0.1) is 11.8 Å². The number of carbonyl (C=O) groups excluding carboxylic acids is 1. The topological polar surface area (TPSA) is 20.3 Å². The van der Waals surface area contributed by atoms with Crippen molar-refractivity contribution in [2.24, 2.45) is 0 Å². The molecule has 3 aromatic rings. The second-order valence-electron chi connectivity index (χ2n) is 6.04. The molecule has 0 N–H and O–H groups in total. The average Bonchev–Trinajstić information content (AvgIpc) is 2.69. The Bertz CT molecular complexity index is 837. The first-order chi connectivity index (χ1) is 12.6. The molecule has 0 aliphatic carbocycles. The summed E-state index contributed by atoms with van der Waals surface area (Å²) < 4.78 is 13.1. The van der Waals surface area contributed by atoms with Crippen LogP contribution in [0, 0.1) is 5.82 Å². The van der Waals surface area contributed by atoms with Gasteiger partial charge in [0, 0.05) is 18.5 Å². The number of rotatable bonds is 6. The second-order valence-corrected chi connectivity index (χ2v) is 7.22. The van der Waals surface area contributed by atoms with Crippen LogP contribution in [-0.2, 0) is 11.3 Å². The third kappa shape index (κ3) is 4.73. The van der Waals surface area contributed by atoms with Crippen molar-refractivity contribution in [2.45, 2.75) is 16.7 Å². The number of halogens is 1. The van der Waals surface area contributed by atoms with Crippen LogP contribution in [0.3, 0.4) is 0 Å². The van der Waals surface area contributed by atoms with Gasteiger partial charge in [-0.3, -0.25) is 4.79 Å². The van der Waals surface area contributed by atoms with Gasteiger partial charge in [0.25, 0.3) is 0 Å². The Morgan fingerprint density at radius 1 is 0.923 bits per heavy atom. The monoisotopic (exact) mass is 365 g/mol. The van der Waals surface area contributed by atoms with Gasteiger partial charge in [0.05, 0.1) is 0 Å². The Labute approximate surface area is 157 Å². The highest BCUT2D eigenvalue weighted by molar-refractivity contribution is 8.00. The summed E-state index contributed by atoms with van der Waals surface area (Å²) in [5, 5.41) is -0.330. The zero-order valence-electron chi connectivity index (χ0n) is 14.5. The minimum atomic E-state index is -0.330. The molecule has 0 aromatic heterocycles. The van der Waals surface area contributed by atoms with Gasteiger partial charge in [-0.2, -0.15) is 0 Å². The first-order valence-electron chi connectivity index (χ1n) is 8.39. The lowest BCUT2D eigenvalue weighted by Gasteiger charge is -2.24. The van der Waals surface area contributed by atoms with E-state index in [1.165, 1.54) is 12.1 Å². The second kappa shape index (κ2) is 8.68. The molecule has 132 valence electrons. The Kier molecular flexibility index (Phi) is 6.08. The highest BCUT2D eigenvalue weighted by atomic mass is 32.2. The van der Waals surface area contributed by atoms with Crippen molar-refractivity contribution in [2.75, 3.05) is 7.05 Å². The maximum Gasteiger partial charge on any atom is 0.240 e. The molecule has 0 aliphatic rings. The molecule has 0 radical (unpaired) electrons. The quantitative estimate of drug-likeness (QED) is 0.551. The number of nitrogens with zero attached hydrogens (tertiary/aromatic N) is 1. The maximum absolute atomic E-state index is 13.2. The maximum atomic E-state index is 13.2. The van der Waals surface area contributed by atoms with Gasteiger partial charge < -0.3 is 4.90 Å². The highest BCUT2D eigenvalue weighted by Gasteiger charge is 2.25. The summed E-state index contributed by atoms with van der Waals surface area (Å²) in [5.41, 5.74) is 1.87. The van der Waals surface area contributed by atoms with Gasteiger partial charge in [-0.05, 0) is 35.4 Å². The molecule has 0 spiro atoms. The number of benzene rings is 3. The van der Waals surface area contributed by atoms with Crippen LogP contribution in [0.25, 0.3) is 0 Å². The Morgan fingerprint density at radius 2 is 1.50 bits per heavy atom. The van der Waals surface area contributed by atoms with Crippen molar-refractivity contribution < 1.29 is 9.18 Å². The smallest absolute Gasteiger partial charge is 0.240 e. The number of likely N-dealkylation sites (N-methyl/N-ethyl adjacent to an activating group) is 1. The lowest BCUT2D eigenvalue weighted by atomic mass is 10.1. The van der Waals surface area contributed by atoms with Crippen molar-refractivity contribution in [1.82, 2.24) is 4.90 Å². The van der Waals surface area contributed by atoms with Crippen molar-refractivity contribution in [3.05, 3.63) is 102 Å². The van der Waals surface area contributed by atoms with E-state index in [1.54, 1.807) is 35.8 Å². The molecule has 0 heterocycles. The predicted octanol–water partition coefficient (Wildman–Crippen LogP) is 5.32. The molecule has 0 saturated heterocycles. The lowest BCUT2D eigenvalue weighted by molar-refractivity contribution is -0.129. The Morgan fingerprint density at radius 3 is 2.12 bits per heavy atom. The minimum absolute atomic E-state index is 0.0226. The zero-order valence-corrected chi connectivity index (χ0v) is 15.3. The molecule has 0 saturated carbocycles. The van der Waals surface area contributed by atoms with Gasteiger partial charge in [-0.25, -0.2) is 4.39 Å². The molecule has 0 fully saturated rings. The van der Waals surface area contributed by atoms with Crippen molar-refractivity contribution in [3.63, 3.8) is 0 Å². The molecular formula is C22H20FNOS. The molecule has 1 unspecified atom stereocenters. The molecule has 2 nitrogen and oxygen atoms in total. The fourth-order valence-electron chi connectivity index (χ4n) is 2.67. The fourth-order valence-corrected chi connectivity index (χ4v) is 3.83. The molecule has 26 heavy (non-hydrogen) atoms. The first kappa shape index (κ1) is 18.2. The predicted molar refractivity (Wildman–Crippen MR) is 104 cm³/mol. The van der Waals surface area contributed by atoms with Crippen LogP contribution in [0.5, 0.6) is 0 Å². The van der Waals surface area contributed by atoms with Crippen LogP contribution in [0.1, 0.15) is 16.4 Å². The minimum Gasteiger partial charge on any atom is -0.340 e.